The van der Waals surface area contributed by atoms with Crippen molar-refractivity contribution in [2.45, 2.75) is 0 Å². The molecule has 26 heavy (non-hydrogen) atoms. The molecule has 128 valence electrons. The topological polar surface area (TPSA) is 80.1 Å². The molecule has 0 atom stereocenters. The Morgan fingerprint density at radius 2 is 1.85 bits per heavy atom. The number of nitro benzene ring substituents is 1. The summed E-state index contributed by atoms with van der Waals surface area (Å²) in [6.07, 6.45) is 1.56. The van der Waals surface area contributed by atoms with Crippen LogP contribution in [0.3, 0.4) is 0 Å². The number of hydrogen-bond acceptors (Lipinski definition) is 4. The van der Waals surface area contributed by atoms with Gasteiger partial charge in [0.25, 0.3) is 5.69 Å². The van der Waals surface area contributed by atoms with E-state index >= 15 is 0 Å². The van der Waals surface area contributed by atoms with Crippen LogP contribution in [0.25, 0.3) is 23.0 Å². The molecule has 0 unspecified atom stereocenters. The molecule has 2 aromatic carbocycles. The molecule has 5 nitrogen and oxygen atoms in total. The van der Waals surface area contributed by atoms with Gasteiger partial charge in [-0.15, -0.1) is 0 Å². The van der Waals surface area contributed by atoms with E-state index in [1.807, 2.05) is 0 Å². The Morgan fingerprint density at radius 1 is 1.12 bits per heavy atom. The average molecular weight is 385 g/mol. The third kappa shape index (κ3) is 3.62. The minimum atomic E-state index is -0.493. The first-order valence-electron chi connectivity index (χ1n) is 7.40. The number of nitriles is 1. The van der Waals surface area contributed by atoms with Gasteiger partial charge in [-0.1, -0.05) is 29.3 Å². The molecule has 0 amide bonds. The smallest absolute Gasteiger partial charge is 0.269 e. The van der Waals surface area contributed by atoms with Crippen molar-refractivity contribution in [3.8, 4) is 17.4 Å². The van der Waals surface area contributed by atoms with Crippen LogP contribution in [0.5, 0.6) is 0 Å². The number of nitrogens with zero attached hydrogens (tertiary/aromatic N) is 2. The average Bonchev–Trinajstić information content (AvgIpc) is 3.10. The lowest BCUT2D eigenvalue weighted by Gasteiger charge is -2.02. The molecule has 0 saturated heterocycles. The predicted octanol–water partition coefficient (Wildman–Crippen LogP) is 6.23. The minimum Gasteiger partial charge on any atom is -0.457 e. The van der Waals surface area contributed by atoms with Crippen LogP contribution in [0, 0.1) is 21.4 Å². The summed E-state index contributed by atoms with van der Waals surface area (Å²) in [4.78, 5) is 10.2. The Labute approximate surface area is 158 Å². The van der Waals surface area contributed by atoms with Crippen molar-refractivity contribution < 1.29 is 9.34 Å². The molecule has 0 spiro atoms. The molecule has 0 aliphatic heterocycles. The fraction of sp³-hybridized carbons (Fsp3) is 0. The van der Waals surface area contributed by atoms with Gasteiger partial charge in [0.2, 0.25) is 0 Å². The van der Waals surface area contributed by atoms with Gasteiger partial charge in [0.05, 0.1) is 26.6 Å². The van der Waals surface area contributed by atoms with Crippen molar-refractivity contribution in [3.63, 3.8) is 0 Å². The van der Waals surface area contributed by atoms with Gasteiger partial charge < -0.3 is 4.42 Å². The van der Waals surface area contributed by atoms with Gasteiger partial charge in [-0.2, -0.15) is 5.26 Å². The first-order chi connectivity index (χ1) is 12.5. The van der Waals surface area contributed by atoms with Crippen LogP contribution < -0.4 is 0 Å². The Bertz CT molecular complexity index is 1050. The monoisotopic (exact) mass is 384 g/mol. The van der Waals surface area contributed by atoms with Gasteiger partial charge >= 0.3 is 0 Å². The number of benzene rings is 2. The number of nitro groups is 1. The molecular formula is C19H10Cl2N2O3. The predicted molar refractivity (Wildman–Crippen MR) is 101 cm³/mol. The zero-order valence-corrected chi connectivity index (χ0v) is 14.7. The standard InChI is InChI=1S/C19H10Cl2N2O3/c20-17-3-1-2-16(19(17)21)18-9-8-15(26-18)10-13(11-22)12-4-6-14(7-5-12)23(24)25/h1-10H. The highest BCUT2D eigenvalue weighted by molar-refractivity contribution is 6.43. The van der Waals surface area contributed by atoms with E-state index in [2.05, 4.69) is 6.07 Å². The fourth-order valence-electron chi connectivity index (χ4n) is 2.35. The molecule has 3 rings (SSSR count). The number of non-ortho nitro benzene ring substituents is 1. The van der Waals surface area contributed by atoms with Gasteiger partial charge in [0.1, 0.15) is 11.5 Å². The molecular weight excluding hydrogens is 375 g/mol. The Hall–Kier alpha value is -3.07. The molecule has 0 bridgehead atoms. The summed E-state index contributed by atoms with van der Waals surface area (Å²) in [7, 11) is 0. The first-order valence-corrected chi connectivity index (χ1v) is 8.16. The summed E-state index contributed by atoms with van der Waals surface area (Å²) >= 11 is 12.2. The zero-order chi connectivity index (χ0) is 18.7. The molecule has 1 aromatic heterocycles. The molecule has 3 aromatic rings. The summed E-state index contributed by atoms with van der Waals surface area (Å²) in [5.74, 6) is 0.968. The van der Waals surface area contributed by atoms with Gasteiger partial charge in [-0.25, -0.2) is 0 Å². The summed E-state index contributed by atoms with van der Waals surface area (Å²) in [6.45, 7) is 0. The molecule has 7 heteroatoms. The maximum absolute atomic E-state index is 10.7. The van der Waals surface area contributed by atoms with Crippen molar-refractivity contribution in [2.75, 3.05) is 0 Å². The number of hydrogen-bond donors (Lipinski definition) is 0. The summed E-state index contributed by atoms with van der Waals surface area (Å²) in [5.41, 5.74) is 1.48. The maximum atomic E-state index is 10.7. The van der Waals surface area contributed by atoms with Crippen LogP contribution in [-0.2, 0) is 0 Å². The highest BCUT2D eigenvalue weighted by Gasteiger charge is 2.12. The number of halogens is 2. The van der Waals surface area contributed by atoms with Crippen LogP contribution in [-0.4, -0.2) is 4.92 Å². The van der Waals surface area contributed by atoms with E-state index in [0.717, 1.165) is 0 Å². The zero-order valence-electron chi connectivity index (χ0n) is 13.1. The fourth-order valence-corrected chi connectivity index (χ4v) is 2.75. The molecule has 0 aliphatic carbocycles. The summed E-state index contributed by atoms with van der Waals surface area (Å²) in [6, 6.07) is 16.5. The quantitative estimate of drug-likeness (QED) is 0.303. The molecule has 0 radical (unpaired) electrons. The van der Waals surface area contributed by atoms with Crippen LogP contribution >= 0.6 is 23.2 Å². The summed E-state index contributed by atoms with van der Waals surface area (Å²) in [5, 5.41) is 20.9. The van der Waals surface area contributed by atoms with E-state index in [-0.39, 0.29) is 5.69 Å². The van der Waals surface area contributed by atoms with Gasteiger partial charge in [0.15, 0.2) is 0 Å². The van der Waals surface area contributed by atoms with Gasteiger partial charge in [0, 0.05) is 17.7 Å². The Balaban J connectivity index is 1.94. The summed E-state index contributed by atoms with van der Waals surface area (Å²) < 4.78 is 5.74. The van der Waals surface area contributed by atoms with E-state index < -0.39 is 4.92 Å². The molecule has 0 aliphatic rings. The van der Waals surface area contributed by atoms with Crippen molar-refractivity contribution in [1.29, 1.82) is 5.26 Å². The number of furan rings is 1. The van der Waals surface area contributed by atoms with Crippen molar-refractivity contribution in [2.24, 2.45) is 0 Å². The second-order valence-electron chi connectivity index (χ2n) is 5.28. The number of allylic oxidation sites excluding steroid dienone is 1. The highest BCUT2D eigenvalue weighted by atomic mass is 35.5. The van der Waals surface area contributed by atoms with E-state index in [9.17, 15) is 15.4 Å². The normalized spacial score (nSPS) is 11.2. The van der Waals surface area contributed by atoms with Gasteiger partial charge in [-0.3, -0.25) is 10.1 Å². The highest BCUT2D eigenvalue weighted by Crippen LogP contribution is 2.35. The second kappa shape index (κ2) is 7.44. The van der Waals surface area contributed by atoms with Crippen molar-refractivity contribution >= 4 is 40.5 Å². The van der Waals surface area contributed by atoms with E-state index in [1.54, 1.807) is 36.4 Å². The lowest BCUT2D eigenvalue weighted by atomic mass is 10.1. The largest absolute Gasteiger partial charge is 0.457 e. The van der Waals surface area contributed by atoms with Crippen LogP contribution in [0.15, 0.2) is 59.0 Å². The molecule has 0 saturated carbocycles. The minimum absolute atomic E-state index is 0.0399. The SMILES string of the molecule is N#CC(=Cc1ccc(-c2cccc(Cl)c2Cl)o1)c1ccc([N+](=O)[O-])cc1. The Morgan fingerprint density at radius 3 is 2.50 bits per heavy atom. The van der Waals surface area contributed by atoms with Gasteiger partial charge in [-0.05, 0) is 48.0 Å². The van der Waals surface area contributed by atoms with Crippen molar-refractivity contribution in [1.82, 2.24) is 0 Å². The van der Waals surface area contributed by atoms with E-state index in [0.29, 0.717) is 38.3 Å². The number of rotatable bonds is 4. The van der Waals surface area contributed by atoms with Crippen LogP contribution in [0.4, 0.5) is 5.69 Å². The maximum Gasteiger partial charge on any atom is 0.269 e. The van der Waals surface area contributed by atoms with E-state index in [1.165, 1.54) is 24.3 Å². The third-order valence-corrected chi connectivity index (χ3v) is 4.46. The Kier molecular flexibility index (Phi) is 5.08. The van der Waals surface area contributed by atoms with Crippen LogP contribution in [0.1, 0.15) is 11.3 Å². The second-order valence-corrected chi connectivity index (χ2v) is 6.06. The lowest BCUT2D eigenvalue weighted by molar-refractivity contribution is -0.384. The molecule has 0 N–H and O–H groups in total. The van der Waals surface area contributed by atoms with Crippen molar-refractivity contribution in [3.05, 3.63) is 86.1 Å². The van der Waals surface area contributed by atoms with E-state index in [4.69, 9.17) is 27.6 Å². The van der Waals surface area contributed by atoms with Crippen LogP contribution in [0.2, 0.25) is 10.0 Å². The first kappa shape index (κ1) is 17.7. The molecule has 0 fully saturated rings. The molecule has 1 heterocycles. The lowest BCUT2D eigenvalue weighted by Crippen LogP contribution is -1.88. The third-order valence-electron chi connectivity index (χ3n) is 3.64.